The van der Waals surface area contributed by atoms with E-state index in [4.69, 9.17) is 28.3 Å². The standard InChI is InChI=1S/C13H9Cl2NO4S/c14-8-1-4-10(5-2-8)21(19,20)16-9-3-6-12(15)11(7-9)13(17)18/h1-7,16H,(H,17,18). The third-order valence-electron chi connectivity index (χ3n) is 2.57. The van der Waals surface area contributed by atoms with Crippen molar-refractivity contribution in [3.63, 3.8) is 0 Å². The van der Waals surface area contributed by atoms with E-state index in [1.54, 1.807) is 0 Å². The molecule has 0 radical (unpaired) electrons. The van der Waals surface area contributed by atoms with E-state index >= 15 is 0 Å². The number of sulfonamides is 1. The molecule has 5 nitrogen and oxygen atoms in total. The largest absolute Gasteiger partial charge is 0.478 e. The molecule has 0 saturated heterocycles. The minimum absolute atomic E-state index is 0.0127. The average Bonchev–Trinajstić information content (AvgIpc) is 2.41. The summed E-state index contributed by atoms with van der Waals surface area (Å²) < 4.78 is 26.6. The smallest absolute Gasteiger partial charge is 0.337 e. The Morgan fingerprint density at radius 3 is 2.24 bits per heavy atom. The quantitative estimate of drug-likeness (QED) is 0.888. The second kappa shape index (κ2) is 5.93. The molecule has 8 heteroatoms. The number of halogens is 2. The molecule has 21 heavy (non-hydrogen) atoms. The molecule has 2 rings (SSSR count). The second-order valence-electron chi connectivity index (χ2n) is 4.06. The molecule has 0 aliphatic rings. The SMILES string of the molecule is O=C(O)c1cc(NS(=O)(=O)c2ccc(Cl)cc2)ccc1Cl. The number of rotatable bonds is 4. The van der Waals surface area contributed by atoms with Crippen molar-refractivity contribution in [2.24, 2.45) is 0 Å². The van der Waals surface area contributed by atoms with Gasteiger partial charge in [0, 0.05) is 10.7 Å². The summed E-state index contributed by atoms with van der Waals surface area (Å²) in [4.78, 5) is 11.0. The van der Waals surface area contributed by atoms with E-state index in [0.29, 0.717) is 5.02 Å². The Kier molecular flexibility index (Phi) is 4.41. The monoisotopic (exact) mass is 345 g/mol. The Labute approximate surface area is 131 Å². The summed E-state index contributed by atoms with van der Waals surface area (Å²) in [5.74, 6) is -1.24. The van der Waals surface area contributed by atoms with Gasteiger partial charge in [-0.2, -0.15) is 0 Å². The molecule has 0 aliphatic carbocycles. The number of carboxylic acids is 1. The van der Waals surface area contributed by atoms with Gasteiger partial charge in [-0.1, -0.05) is 23.2 Å². The highest BCUT2D eigenvalue weighted by molar-refractivity contribution is 7.92. The summed E-state index contributed by atoms with van der Waals surface area (Å²) in [6.07, 6.45) is 0. The Morgan fingerprint density at radius 1 is 1.05 bits per heavy atom. The van der Waals surface area contributed by atoms with Gasteiger partial charge in [-0.25, -0.2) is 13.2 Å². The van der Waals surface area contributed by atoms with Gasteiger partial charge in [0.2, 0.25) is 0 Å². The lowest BCUT2D eigenvalue weighted by Gasteiger charge is -2.09. The lowest BCUT2D eigenvalue weighted by Crippen LogP contribution is -2.13. The van der Waals surface area contributed by atoms with Gasteiger partial charge in [0.05, 0.1) is 15.5 Å². The van der Waals surface area contributed by atoms with Crippen LogP contribution in [0.1, 0.15) is 10.4 Å². The second-order valence-corrected chi connectivity index (χ2v) is 6.59. The van der Waals surface area contributed by atoms with Gasteiger partial charge in [0.15, 0.2) is 0 Å². The molecular formula is C13H9Cl2NO4S. The lowest BCUT2D eigenvalue weighted by atomic mass is 10.2. The number of hydrogen-bond acceptors (Lipinski definition) is 3. The normalized spacial score (nSPS) is 11.1. The highest BCUT2D eigenvalue weighted by atomic mass is 35.5. The van der Waals surface area contributed by atoms with Crippen molar-refractivity contribution in [1.82, 2.24) is 0 Å². The molecule has 0 bridgehead atoms. The summed E-state index contributed by atoms with van der Waals surface area (Å²) in [7, 11) is -3.83. The number of benzene rings is 2. The van der Waals surface area contributed by atoms with Gasteiger partial charge in [-0.15, -0.1) is 0 Å². The zero-order valence-corrected chi connectivity index (χ0v) is 12.7. The van der Waals surface area contributed by atoms with Crippen molar-refractivity contribution in [1.29, 1.82) is 0 Å². The average molecular weight is 346 g/mol. The first-order valence-electron chi connectivity index (χ1n) is 5.61. The summed E-state index contributed by atoms with van der Waals surface area (Å²) >= 11 is 11.4. The zero-order valence-electron chi connectivity index (χ0n) is 10.4. The summed E-state index contributed by atoms with van der Waals surface area (Å²) in [5.41, 5.74) is -0.0836. The maximum absolute atomic E-state index is 12.1. The van der Waals surface area contributed by atoms with Crippen molar-refractivity contribution >= 4 is 44.9 Å². The predicted octanol–water partition coefficient (Wildman–Crippen LogP) is 3.49. The minimum atomic E-state index is -3.83. The third-order valence-corrected chi connectivity index (χ3v) is 4.55. The maximum atomic E-state index is 12.1. The number of carbonyl (C=O) groups is 1. The molecule has 0 amide bonds. The molecule has 2 N–H and O–H groups in total. The van der Waals surface area contributed by atoms with Gasteiger partial charge in [-0.3, -0.25) is 4.72 Å². The number of anilines is 1. The minimum Gasteiger partial charge on any atom is -0.478 e. The Hall–Kier alpha value is -1.76. The number of hydrogen-bond donors (Lipinski definition) is 2. The van der Waals surface area contributed by atoms with Gasteiger partial charge in [-0.05, 0) is 42.5 Å². The van der Waals surface area contributed by atoms with Crippen LogP contribution in [0.3, 0.4) is 0 Å². The lowest BCUT2D eigenvalue weighted by molar-refractivity contribution is 0.0697. The third kappa shape index (κ3) is 3.66. The molecule has 0 saturated carbocycles. The number of aromatic carboxylic acids is 1. The summed E-state index contributed by atoms with van der Waals surface area (Å²) in [5, 5.41) is 9.40. The van der Waals surface area contributed by atoms with E-state index in [9.17, 15) is 13.2 Å². The molecule has 2 aromatic rings. The van der Waals surface area contributed by atoms with Crippen LogP contribution < -0.4 is 4.72 Å². The van der Waals surface area contributed by atoms with Crippen LogP contribution in [0.15, 0.2) is 47.4 Å². The molecule has 0 aromatic heterocycles. The van der Waals surface area contributed by atoms with Crippen LogP contribution in [-0.4, -0.2) is 19.5 Å². The Morgan fingerprint density at radius 2 is 1.67 bits per heavy atom. The van der Waals surface area contributed by atoms with Crippen LogP contribution >= 0.6 is 23.2 Å². The van der Waals surface area contributed by atoms with Gasteiger partial charge < -0.3 is 5.11 Å². The van der Waals surface area contributed by atoms with Crippen molar-refractivity contribution in [3.05, 3.63) is 58.1 Å². The summed E-state index contributed by atoms with van der Waals surface area (Å²) in [6, 6.07) is 9.42. The van der Waals surface area contributed by atoms with Gasteiger partial charge >= 0.3 is 5.97 Å². The molecule has 2 aromatic carbocycles. The first-order chi connectivity index (χ1) is 9.79. The highest BCUT2D eigenvalue weighted by Gasteiger charge is 2.16. The van der Waals surface area contributed by atoms with E-state index in [1.165, 1.54) is 36.4 Å². The van der Waals surface area contributed by atoms with Crippen molar-refractivity contribution in [3.8, 4) is 0 Å². The fourth-order valence-corrected chi connectivity index (χ4v) is 2.95. The molecule has 0 heterocycles. The van der Waals surface area contributed by atoms with Gasteiger partial charge in [0.25, 0.3) is 10.0 Å². The van der Waals surface area contributed by atoms with Crippen molar-refractivity contribution < 1.29 is 18.3 Å². The van der Waals surface area contributed by atoms with E-state index in [0.717, 1.165) is 6.07 Å². The van der Waals surface area contributed by atoms with Gasteiger partial charge in [0.1, 0.15) is 0 Å². The van der Waals surface area contributed by atoms with E-state index < -0.39 is 16.0 Å². The van der Waals surface area contributed by atoms with E-state index in [1.807, 2.05) is 0 Å². The maximum Gasteiger partial charge on any atom is 0.337 e. The van der Waals surface area contributed by atoms with E-state index in [2.05, 4.69) is 4.72 Å². The molecule has 0 unspecified atom stereocenters. The number of carboxylic acid groups (broad SMARTS) is 1. The topological polar surface area (TPSA) is 83.5 Å². The van der Waals surface area contributed by atoms with Crippen LogP contribution in [0.25, 0.3) is 0 Å². The molecule has 0 aliphatic heterocycles. The first kappa shape index (κ1) is 15.6. The fraction of sp³-hybridized carbons (Fsp3) is 0. The predicted molar refractivity (Wildman–Crippen MR) is 80.7 cm³/mol. The van der Waals surface area contributed by atoms with Crippen LogP contribution in [0.2, 0.25) is 10.0 Å². The Balaban J connectivity index is 2.35. The van der Waals surface area contributed by atoms with Crippen molar-refractivity contribution in [2.45, 2.75) is 4.90 Å². The number of nitrogens with one attached hydrogen (secondary N) is 1. The molecule has 0 fully saturated rings. The Bertz CT molecular complexity index is 788. The molecule has 0 atom stereocenters. The molecule has 0 spiro atoms. The molecular weight excluding hydrogens is 337 g/mol. The van der Waals surface area contributed by atoms with E-state index in [-0.39, 0.29) is 21.2 Å². The van der Waals surface area contributed by atoms with Crippen LogP contribution in [-0.2, 0) is 10.0 Å². The van der Waals surface area contributed by atoms with Crippen LogP contribution in [0.5, 0.6) is 0 Å². The zero-order chi connectivity index (χ0) is 15.6. The van der Waals surface area contributed by atoms with Crippen LogP contribution in [0, 0.1) is 0 Å². The summed E-state index contributed by atoms with van der Waals surface area (Å²) in [6.45, 7) is 0. The highest BCUT2D eigenvalue weighted by Crippen LogP contribution is 2.23. The molecule has 110 valence electrons. The van der Waals surface area contributed by atoms with Crippen LogP contribution in [0.4, 0.5) is 5.69 Å². The fourth-order valence-electron chi connectivity index (χ4n) is 1.58. The first-order valence-corrected chi connectivity index (χ1v) is 7.85. The van der Waals surface area contributed by atoms with Crippen molar-refractivity contribution in [2.75, 3.05) is 4.72 Å².